The highest BCUT2D eigenvalue weighted by Gasteiger charge is 2.43. The van der Waals surface area contributed by atoms with Crippen molar-refractivity contribution >= 4 is 11.5 Å². The van der Waals surface area contributed by atoms with Crippen LogP contribution in [-0.2, 0) is 4.74 Å². The van der Waals surface area contributed by atoms with Crippen LogP contribution in [0.2, 0.25) is 0 Å². The van der Waals surface area contributed by atoms with Gasteiger partial charge >= 0.3 is 0 Å². The zero-order valence-corrected chi connectivity index (χ0v) is 19.7. The molecule has 2 fully saturated rings. The molecule has 0 aromatic carbocycles. The molecule has 34 heavy (non-hydrogen) atoms. The van der Waals surface area contributed by atoms with Gasteiger partial charge in [0.15, 0.2) is 0 Å². The van der Waals surface area contributed by atoms with E-state index in [9.17, 15) is 14.0 Å². The standard InChI is InChI=1S/C25H32F2N6O/c1-16(13-34-2)32-18-3-5-19(6-4-18)33-23-10-20(21(26)12-29-23)17-9-22(24(27)30-11-17)31-15-25(14-28)7-8-25/h9-12,16,18-19,31-32H,3-8,13,15H2,1-2H3,(H,29,33)/t16-,18?,19?/m1/s1. The molecule has 2 saturated carbocycles. The van der Waals surface area contributed by atoms with Crippen LogP contribution in [0.3, 0.4) is 0 Å². The van der Waals surface area contributed by atoms with Crippen LogP contribution in [-0.4, -0.2) is 48.4 Å². The van der Waals surface area contributed by atoms with Crippen LogP contribution in [0.5, 0.6) is 0 Å². The molecule has 2 aromatic rings. The van der Waals surface area contributed by atoms with Gasteiger partial charge in [0.25, 0.3) is 0 Å². The number of pyridine rings is 2. The predicted molar refractivity (Wildman–Crippen MR) is 127 cm³/mol. The Balaban J connectivity index is 1.40. The first-order valence-electron chi connectivity index (χ1n) is 11.9. The van der Waals surface area contributed by atoms with Gasteiger partial charge in [-0.1, -0.05) is 0 Å². The summed E-state index contributed by atoms with van der Waals surface area (Å²) in [6.07, 6.45) is 8.15. The molecule has 9 heteroatoms. The smallest absolute Gasteiger partial charge is 0.236 e. The van der Waals surface area contributed by atoms with Gasteiger partial charge in [-0.25, -0.2) is 14.4 Å². The van der Waals surface area contributed by atoms with Crippen molar-refractivity contribution < 1.29 is 13.5 Å². The van der Waals surface area contributed by atoms with E-state index in [-0.39, 0.29) is 11.7 Å². The number of anilines is 2. The minimum atomic E-state index is -0.671. The Morgan fingerprint density at radius 3 is 2.56 bits per heavy atom. The first-order valence-corrected chi connectivity index (χ1v) is 11.9. The first-order chi connectivity index (χ1) is 16.4. The second-order valence-electron chi connectivity index (χ2n) is 9.57. The zero-order valence-electron chi connectivity index (χ0n) is 19.7. The van der Waals surface area contributed by atoms with E-state index < -0.39 is 17.2 Å². The highest BCUT2D eigenvalue weighted by molar-refractivity contribution is 5.69. The van der Waals surface area contributed by atoms with Crippen molar-refractivity contribution in [3.8, 4) is 17.2 Å². The molecule has 2 aliphatic rings. The Hall–Kier alpha value is -2.83. The second kappa shape index (κ2) is 10.6. The first kappa shape index (κ1) is 24.3. The normalized spacial score (nSPS) is 22.0. The van der Waals surface area contributed by atoms with Crippen LogP contribution in [0, 0.1) is 28.5 Å². The van der Waals surface area contributed by atoms with E-state index in [0.29, 0.717) is 42.2 Å². The predicted octanol–water partition coefficient (Wildman–Crippen LogP) is 4.49. The van der Waals surface area contributed by atoms with E-state index in [2.05, 4.69) is 38.9 Å². The molecule has 0 amide bonds. The van der Waals surface area contributed by atoms with Gasteiger partial charge in [-0.05, 0) is 57.6 Å². The molecule has 182 valence electrons. The minimum Gasteiger partial charge on any atom is -0.383 e. The van der Waals surface area contributed by atoms with Crippen LogP contribution in [0.4, 0.5) is 20.3 Å². The molecule has 3 N–H and O–H groups in total. The van der Waals surface area contributed by atoms with Crippen molar-refractivity contribution in [1.82, 2.24) is 15.3 Å². The van der Waals surface area contributed by atoms with Crippen molar-refractivity contribution in [1.29, 1.82) is 5.26 Å². The van der Waals surface area contributed by atoms with E-state index in [1.165, 1.54) is 18.5 Å². The lowest BCUT2D eigenvalue weighted by Crippen LogP contribution is -2.42. The summed E-state index contributed by atoms with van der Waals surface area (Å²) >= 11 is 0. The lowest BCUT2D eigenvalue weighted by atomic mass is 9.90. The molecule has 0 unspecified atom stereocenters. The number of nitrogens with zero attached hydrogens (tertiary/aromatic N) is 3. The zero-order chi connectivity index (χ0) is 24.1. The third-order valence-corrected chi connectivity index (χ3v) is 6.73. The Labute approximate surface area is 199 Å². The van der Waals surface area contributed by atoms with E-state index in [0.717, 1.165) is 38.5 Å². The van der Waals surface area contributed by atoms with Gasteiger partial charge in [-0.15, -0.1) is 0 Å². The van der Waals surface area contributed by atoms with Crippen LogP contribution < -0.4 is 16.0 Å². The summed E-state index contributed by atoms with van der Waals surface area (Å²) in [6.45, 7) is 3.16. The fourth-order valence-corrected chi connectivity index (χ4v) is 4.52. The maximum absolute atomic E-state index is 14.6. The van der Waals surface area contributed by atoms with Crippen molar-refractivity contribution in [2.24, 2.45) is 5.41 Å². The highest BCUT2D eigenvalue weighted by Crippen LogP contribution is 2.45. The van der Waals surface area contributed by atoms with Crippen LogP contribution in [0.1, 0.15) is 45.4 Å². The molecule has 0 spiro atoms. The Morgan fingerprint density at radius 2 is 1.88 bits per heavy atom. The molecule has 0 aliphatic heterocycles. The summed E-state index contributed by atoms with van der Waals surface area (Å²) in [7, 11) is 1.71. The average Bonchev–Trinajstić information content (AvgIpc) is 3.62. The molecule has 0 saturated heterocycles. The van der Waals surface area contributed by atoms with E-state index in [4.69, 9.17) is 4.74 Å². The fourth-order valence-electron chi connectivity index (χ4n) is 4.52. The largest absolute Gasteiger partial charge is 0.383 e. The summed E-state index contributed by atoms with van der Waals surface area (Å²) in [5.41, 5.74) is 0.489. The number of halogens is 2. The number of methoxy groups -OCH3 is 1. The third kappa shape index (κ3) is 5.99. The van der Waals surface area contributed by atoms with Crippen molar-refractivity contribution in [2.45, 2.75) is 63.6 Å². The number of hydrogen-bond donors (Lipinski definition) is 3. The maximum atomic E-state index is 14.6. The maximum Gasteiger partial charge on any atom is 0.236 e. The molecule has 0 radical (unpaired) electrons. The summed E-state index contributed by atoms with van der Waals surface area (Å²) in [6, 6.07) is 6.50. The SMILES string of the molecule is COC[C@@H](C)NC1CCC(Nc2cc(-c3cnc(F)c(NCC4(C#N)CC4)c3)c(F)cn2)CC1. The molecule has 1 atom stereocenters. The Bertz CT molecular complexity index is 1030. The lowest BCUT2D eigenvalue weighted by molar-refractivity contribution is 0.161. The van der Waals surface area contributed by atoms with E-state index >= 15 is 0 Å². The van der Waals surface area contributed by atoms with Crippen molar-refractivity contribution in [3.05, 3.63) is 36.3 Å². The van der Waals surface area contributed by atoms with Gasteiger partial charge in [0.1, 0.15) is 11.6 Å². The van der Waals surface area contributed by atoms with Crippen molar-refractivity contribution in [3.63, 3.8) is 0 Å². The molecular weight excluding hydrogens is 438 g/mol. The number of rotatable bonds is 10. The molecule has 0 bridgehead atoms. The molecular formula is C25H32F2N6O. The Kier molecular flexibility index (Phi) is 7.59. The van der Waals surface area contributed by atoms with Gasteiger partial charge in [0, 0.05) is 49.1 Å². The molecule has 2 aliphatic carbocycles. The molecule has 4 rings (SSSR count). The minimum absolute atomic E-state index is 0.165. The molecule has 2 aromatic heterocycles. The summed E-state index contributed by atoms with van der Waals surface area (Å²) in [5, 5.41) is 19.2. The highest BCUT2D eigenvalue weighted by atomic mass is 19.1. The molecule has 2 heterocycles. The fraction of sp³-hybridized carbons (Fsp3) is 0.560. The van der Waals surface area contributed by atoms with Gasteiger partial charge in [0.05, 0.1) is 30.0 Å². The third-order valence-electron chi connectivity index (χ3n) is 6.73. The van der Waals surface area contributed by atoms with Crippen LogP contribution >= 0.6 is 0 Å². The quantitative estimate of drug-likeness (QED) is 0.441. The number of nitriles is 1. The molecule has 7 nitrogen and oxygen atoms in total. The summed E-state index contributed by atoms with van der Waals surface area (Å²) < 4.78 is 34.1. The van der Waals surface area contributed by atoms with Gasteiger partial charge in [0.2, 0.25) is 5.95 Å². The lowest BCUT2D eigenvalue weighted by Gasteiger charge is -2.31. The van der Waals surface area contributed by atoms with Crippen molar-refractivity contribution in [2.75, 3.05) is 30.9 Å². The summed E-state index contributed by atoms with van der Waals surface area (Å²) in [4.78, 5) is 8.01. The topological polar surface area (TPSA) is 94.9 Å². The van der Waals surface area contributed by atoms with E-state index in [1.807, 2.05) is 0 Å². The Morgan fingerprint density at radius 1 is 1.15 bits per heavy atom. The van der Waals surface area contributed by atoms with Crippen LogP contribution in [0.15, 0.2) is 24.5 Å². The number of ether oxygens (including phenoxy) is 1. The number of hydrogen-bond acceptors (Lipinski definition) is 7. The number of aromatic nitrogens is 2. The van der Waals surface area contributed by atoms with Gasteiger partial charge in [-0.3, -0.25) is 0 Å². The van der Waals surface area contributed by atoms with Gasteiger partial charge < -0.3 is 20.7 Å². The summed E-state index contributed by atoms with van der Waals surface area (Å²) in [5.74, 6) is -0.586. The average molecular weight is 471 g/mol. The monoisotopic (exact) mass is 470 g/mol. The van der Waals surface area contributed by atoms with Crippen LogP contribution in [0.25, 0.3) is 11.1 Å². The number of nitrogens with one attached hydrogen (secondary N) is 3. The van der Waals surface area contributed by atoms with E-state index in [1.54, 1.807) is 13.2 Å². The van der Waals surface area contributed by atoms with Gasteiger partial charge in [-0.2, -0.15) is 9.65 Å². The second-order valence-corrected chi connectivity index (χ2v) is 9.57.